The number of halogens is 3. The molecule has 2 rings (SSSR count). The minimum atomic E-state index is -1.28. The lowest BCUT2D eigenvalue weighted by atomic mass is 9.98. The molecule has 1 aromatic heterocycles. The Bertz CT molecular complexity index is 646. The van der Waals surface area contributed by atoms with Gasteiger partial charge in [0.1, 0.15) is 11.6 Å². The Balaban J connectivity index is 2.78. The van der Waals surface area contributed by atoms with Gasteiger partial charge in [-0.1, -0.05) is 0 Å². The second-order valence-electron chi connectivity index (χ2n) is 3.87. The van der Waals surface area contributed by atoms with Crippen LogP contribution in [0.5, 0.6) is 0 Å². The molecule has 1 atom stereocenters. The number of nitrogens with zero attached hydrogens (tertiary/aromatic N) is 1. The molecule has 0 aliphatic rings. The van der Waals surface area contributed by atoms with Crippen LogP contribution in [0.15, 0.2) is 22.8 Å². The molecule has 1 N–H and O–H groups in total. The molecular formula is C12H8BrF2NO2. The van der Waals surface area contributed by atoms with Crippen LogP contribution in [-0.4, -0.2) is 16.1 Å². The minimum absolute atomic E-state index is 0.0916. The summed E-state index contributed by atoms with van der Waals surface area (Å²) in [4.78, 5) is 14.7. The summed E-state index contributed by atoms with van der Waals surface area (Å²) in [5.74, 6) is -4.32. The lowest BCUT2D eigenvalue weighted by Crippen LogP contribution is -2.12. The van der Waals surface area contributed by atoms with E-state index in [9.17, 15) is 13.6 Å². The van der Waals surface area contributed by atoms with Gasteiger partial charge >= 0.3 is 5.97 Å². The van der Waals surface area contributed by atoms with Crippen LogP contribution in [0.2, 0.25) is 0 Å². The first-order valence-corrected chi connectivity index (χ1v) is 5.87. The van der Waals surface area contributed by atoms with Crippen molar-refractivity contribution in [2.24, 2.45) is 0 Å². The fraction of sp³-hybridized carbons (Fsp3) is 0.167. The second-order valence-corrected chi connectivity index (χ2v) is 4.78. The van der Waals surface area contributed by atoms with E-state index >= 15 is 0 Å². The summed E-state index contributed by atoms with van der Waals surface area (Å²) in [6, 6.07) is 2.48. The van der Waals surface area contributed by atoms with Gasteiger partial charge in [0.15, 0.2) is 0 Å². The standard InChI is InChI=1S/C12H8BrF2NO2/c1-5(12(17)18)10-8(14)3-9-7(11(10)15)2-6(13)4-16-9/h2-5H,1H3,(H,17,18). The number of fused-ring (bicyclic) bond motifs is 1. The largest absolute Gasteiger partial charge is 0.481 e. The van der Waals surface area contributed by atoms with E-state index in [0.717, 1.165) is 6.07 Å². The van der Waals surface area contributed by atoms with Gasteiger partial charge in [-0.15, -0.1) is 0 Å². The Hall–Kier alpha value is -1.56. The normalized spacial score (nSPS) is 12.7. The fourth-order valence-electron chi connectivity index (χ4n) is 1.71. The average Bonchev–Trinajstić information content (AvgIpc) is 2.30. The van der Waals surface area contributed by atoms with Gasteiger partial charge in [0.25, 0.3) is 0 Å². The molecule has 0 saturated carbocycles. The Kier molecular flexibility index (Phi) is 3.30. The van der Waals surface area contributed by atoms with Crippen molar-refractivity contribution >= 4 is 32.8 Å². The van der Waals surface area contributed by atoms with Crippen LogP contribution in [0.25, 0.3) is 10.9 Å². The molecule has 0 fully saturated rings. The van der Waals surface area contributed by atoms with Gasteiger partial charge in [0.2, 0.25) is 0 Å². The highest BCUT2D eigenvalue weighted by Crippen LogP contribution is 2.29. The van der Waals surface area contributed by atoms with Crippen LogP contribution in [-0.2, 0) is 4.79 Å². The van der Waals surface area contributed by atoms with Crippen LogP contribution in [0.4, 0.5) is 8.78 Å². The number of hydrogen-bond donors (Lipinski definition) is 1. The molecule has 0 spiro atoms. The zero-order valence-corrected chi connectivity index (χ0v) is 10.8. The first-order valence-electron chi connectivity index (χ1n) is 5.07. The van der Waals surface area contributed by atoms with Crippen molar-refractivity contribution in [3.63, 3.8) is 0 Å². The number of carbonyl (C=O) groups is 1. The number of pyridine rings is 1. The lowest BCUT2D eigenvalue weighted by Gasteiger charge is -2.11. The average molecular weight is 316 g/mol. The molecule has 3 nitrogen and oxygen atoms in total. The van der Waals surface area contributed by atoms with Gasteiger partial charge in [-0.3, -0.25) is 9.78 Å². The molecule has 94 valence electrons. The van der Waals surface area contributed by atoms with E-state index < -0.39 is 29.1 Å². The lowest BCUT2D eigenvalue weighted by molar-refractivity contribution is -0.138. The third kappa shape index (κ3) is 2.08. The van der Waals surface area contributed by atoms with Crippen LogP contribution < -0.4 is 0 Å². The number of benzene rings is 1. The quantitative estimate of drug-likeness (QED) is 0.923. The molecule has 0 aliphatic heterocycles. The summed E-state index contributed by atoms with van der Waals surface area (Å²) >= 11 is 3.14. The van der Waals surface area contributed by atoms with Gasteiger partial charge in [-0.2, -0.15) is 0 Å². The monoisotopic (exact) mass is 315 g/mol. The highest BCUT2D eigenvalue weighted by molar-refractivity contribution is 9.10. The summed E-state index contributed by atoms with van der Waals surface area (Å²) in [5.41, 5.74) is -0.301. The number of rotatable bonds is 2. The molecule has 1 aromatic carbocycles. The minimum Gasteiger partial charge on any atom is -0.481 e. The Morgan fingerprint density at radius 1 is 1.44 bits per heavy atom. The van der Waals surface area contributed by atoms with E-state index in [1.165, 1.54) is 19.2 Å². The molecule has 2 aromatic rings. The SMILES string of the molecule is CC(C(=O)O)c1c(F)cc2ncc(Br)cc2c1F. The molecule has 1 unspecified atom stereocenters. The molecule has 0 bridgehead atoms. The Morgan fingerprint density at radius 2 is 2.11 bits per heavy atom. The molecule has 18 heavy (non-hydrogen) atoms. The summed E-state index contributed by atoms with van der Waals surface area (Å²) in [6.07, 6.45) is 1.42. The predicted octanol–water partition coefficient (Wildman–Crippen LogP) is 3.46. The molecular weight excluding hydrogens is 308 g/mol. The van der Waals surface area contributed by atoms with Gasteiger partial charge < -0.3 is 5.11 Å². The van der Waals surface area contributed by atoms with Crippen LogP contribution in [0.1, 0.15) is 18.4 Å². The summed E-state index contributed by atoms with van der Waals surface area (Å²) in [5, 5.41) is 8.94. The smallest absolute Gasteiger partial charge is 0.310 e. The summed E-state index contributed by atoms with van der Waals surface area (Å²) in [7, 11) is 0. The molecule has 0 aliphatic carbocycles. The van der Waals surface area contributed by atoms with E-state index in [2.05, 4.69) is 20.9 Å². The first kappa shape index (κ1) is 12.9. The van der Waals surface area contributed by atoms with E-state index in [4.69, 9.17) is 5.11 Å². The third-order valence-corrected chi connectivity index (χ3v) is 3.12. The van der Waals surface area contributed by atoms with Crippen molar-refractivity contribution < 1.29 is 18.7 Å². The van der Waals surface area contributed by atoms with Crippen molar-refractivity contribution in [1.82, 2.24) is 4.98 Å². The first-order chi connectivity index (χ1) is 8.41. The number of hydrogen-bond acceptors (Lipinski definition) is 2. The van der Waals surface area contributed by atoms with E-state index in [-0.39, 0.29) is 10.9 Å². The van der Waals surface area contributed by atoms with E-state index in [1.807, 2.05) is 0 Å². The van der Waals surface area contributed by atoms with Gasteiger partial charge in [0.05, 0.1) is 11.4 Å². The summed E-state index contributed by atoms with van der Waals surface area (Å²) < 4.78 is 28.4. The van der Waals surface area contributed by atoms with Crippen LogP contribution >= 0.6 is 15.9 Å². The third-order valence-electron chi connectivity index (χ3n) is 2.68. The van der Waals surface area contributed by atoms with Crippen molar-refractivity contribution in [1.29, 1.82) is 0 Å². The Morgan fingerprint density at radius 3 is 2.72 bits per heavy atom. The number of carboxylic acid groups (broad SMARTS) is 1. The maximum Gasteiger partial charge on any atom is 0.310 e. The maximum absolute atomic E-state index is 14.2. The highest BCUT2D eigenvalue weighted by atomic mass is 79.9. The molecule has 1 heterocycles. The van der Waals surface area contributed by atoms with Gasteiger partial charge in [-0.25, -0.2) is 8.78 Å². The zero-order chi connectivity index (χ0) is 13.4. The maximum atomic E-state index is 14.2. The second kappa shape index (κ2) is 4.61. The molecule has 0 amide bonds. The highest BCUT2D eigenvalue weighted by Gasteiger charge is 2.24. The number of aromatic nitrogens is 1. The summed E-state index contributed by atoms with van der Waals surface area (Å²) in [6.45, 7) is 1.24. The Labute approximate surface area is 110 Å². The van der Waals surface area contributed by atoms with Crippen molar-refractivity contribution in [2.75, 3.05) is 0 Å². The zero-order valence-electron chi connectivity index (χ0n) is 9.25. The van der Waals surface area contributed by atoms with Crippen LogP contribution in [0.3, 0.4) is 0 Å². The van der Waals surface area contributed by atoms with E-state index in [1.54, 1.807) is 0 Å². The topological polar surface area (TPSA) is 50.2 Å². The van der Waals surface area contributed by atoms with Crippen molar-refractivity contribution in [2.45, 2.75) is 12.8 Å². The van der Waals surface area contributed by atoms with Crippen molar-refractivity contribution in [3.05, 3.63) is 40.0 Å². The molecule has 6 heteroatoms. The molecule has 0 radical (unpaired) electrons. The fourth-order valence-corrected chi connectivity index (χ4v) is 2.04. The number of carboxylic acids is 1. The van der Waals surface area contributed by atoms with E-state index in [0.29, 0.717) is 4.47 Å². The predicted molar refractivity (Wildman–Crippen MR) is 65.4 cm³/mol. The van der Waals surface area contributed by atoms with Gasteiger partial charge in [-0.05, 0) is 28.9 Å². The number of aliphatic carboxylic acids is 1. The van der Waals surface area contributed by atoms with Gasteiger partial charge in [0, 0.05) is 27.7 Å². The van der Waals surface area contributed by atoms with Crippen molar-refractivity contribution in [3.8, 4) is 0 Å². The molecule has 0 saturated heterocycles. The van der Waals surface area contributed by atoms with Crippen LogP contribution in [0, 0.1) is 11.6 Å².